The first-order valence-corrected chi connectivity index (χ1v) is 10.7. The van der Waals surface area contributed by atoms with Crippen LogP contribution in [-0.4, -0.2) is 61.2 Å². The third-order valence-corrected chi connectivity index (χ3v) is 5.89. The number of nitrogens with zero attached hydrogens (tertiary/aromatic N) is 3. The Hall–Kier alpha value is -2.64. The number of piperazine rings is 1. The average Bonchev–Trinajstić information content (AvgIpc) is 3.19. The summed E-state index contributed by atoms with van der Waals surface area (Å²) < 4.78 is 16.7. The Bertz CT molecular complexity index is 949. The fourth-order valence-corrected chi connectivity index (χ4v) is 4.27. The van der Waals surface area contributed by atoms with Crippen LogP contribution in [0.15, 0.2) is 48.5 Å². The standard InChI is InChI=1S/C22H25N3O3S/c1-2-27-22(26)17-7-9-18(10-8-17)28-16-15-24-11-13-25(14-12-24)21-19-5-3-4-6-20(19)29-23-21/h3-10H,2,11-16H2,1H3. The molecule has 7 heteroatoms. The van der Waals surface area contributed by atoms with Crippen molar-refractivity contribution in [2.24, 2.45) is 0 Å². The first-order chi connectivity index (χ1) is 14.2. The lowest BCUT2D eigenvalue weighted by atomic mass is 10.2. The summed E-state index contributed by atoms with van der Waals surface area (Å²) in [6.07, 6.45) is 0. The van der Waals surface area contributed by atoms with Crippen LogP contribution in [0, 0.1) is 0 Å². The second-order valence-corrected chi connectivity index (χ2v) is 7.73. The van der Waals surface area contributed by atoms with Crippen molar-refractivity contribution < 1.29 is 14.3 Å². The number of rotatable bonds is 7. The predicted octanol–water partition coefficient (Wildman–Crippen LogP) is 3.67. The van der Waals surface area contributed by atoms with Gasteiger partial charge in [-0.2, -0.15) is 4.37 Å². The molecule has 0 saturated carbocycles. The van der Waals surface area contributed by atoms with Gasteiger partial charge in [-0.1, -0.05) is 12.1 Å². The SMILES string of the molecule is CCOC(=O)c1ccc(OCCN2CCN(c3nsc4ccccc34)CC2)cc1. The summed E-state index contributed by atoms with van der Waals surface area (Å²) in [5.41, 5.74) is 0.546. The number of fused-ring (bicyclic) bond motifs is 1. The molecule has 1 fully saturated rings. The molecule has 3 aromatic rings. The van der Waals surface area contributed by atoms with Crippen molar-refractivity contribution in [3.05, 3.63) is 54.1 Å². The Kier molecular flexibility index (Phi) is 6.27. The smallest absolute Gasteiger partial charge is 0.338 e. The Morgan fingerprint density at radius 3 is 2.59 bits per heavy atom. The van der Waals surface area contributed by atoms with Gasteiger partial charge in [0, 0.05) is 38.1 Å². The van der Waals surface area contributed by atoms with Gasteiger partial charge in [0.2, 0.25) is 0 Å². The maximum Gasteiger partial charge on any atom is 0.338 e. The molecule has 0 bridgehead atoms. The molecule has 0 radical (unpaired) electrons. The van der Waals surface area contributed by atoms with Gasteiger partial charge in [0.1, 0.15) is 18.2 Å². The number of carbonyl (C=O) groups excluding carboxylic acids is 1. The van der Waals surface area contributed by atoms with Crippen LogP contribution in [0.2, 0.25) is 0 Å². The fraction of sp³-hybridized carbons (Fsp3) is 0.364. The van der Waals surface area contributed by atoms with Crippen molar-refractivity contribution in [2.75, 3.05) is 50.8 Å². The summed E-state index contributed by atoms with van der Waals surface area (Å²) in [6, 6.07) is 15.5. The Morgan fingerprint density at radius 2 is 1.83 bits per heavy atom. The van der Waals surface area contributed by atoms with E-state index in [1.165, 1.54) is 10.1 Å². The van der Waals surface area contributed by atoms with Gasteiger partial charge in [-0.25, -0.2) is 4.79 Å². The minimum atomic E-state index is -0.301. The van der Waals surface area contributed by atoms with Gasteiger partial charge >= 0.3 is 5.97 Å². The van der Waals surface area contributed by atoms with Gasteiger partial charge < -0.3 is 14.4 Å². The van der Waals surface area contributed by atoms with Crippen molar-refractivity contribution >= 4 is 33.4 Å². The lowest BCUT2D eigenvalue weighted by molar-refractivity contribution is 0.0526. The van der Waals surface area contributed by atoms with E-state index in [-0.39, 0.29) is 5.97 Å². The maximum absolute atomic E-state index is 11.7. The molecule has 6 nitrogen and oxygen atoms in total. The zero-order valence-electron chi connectivity index (χ0n) is 16.5. The lowest BCUT2D eigenvalue weighted by Crippen LogP contribution is -2.47. The summed E-state index contributed by atoms with van der Waals surface area (Å²) >= 11 is 1.57. The van der Waals surface area contributed by atoms with Gasteiger partial charge in [-0.15, -0.1) is 0 Å². The summed E-state index contributed by atoms with van der Waals surface area (Å²) in [7, 11) is 0. The van der Waals surface area contributed by atoms with Crippen molar-refractivity contribution in [1.29, 1.82) is 0 Å². The molecule has 1 aliphatic heterocycles. The molecule has 152 valence electrons. The highest BCUT2D eigenvalue weighted by molar-refractivity contribution is 7.13. The van der Waals surface area contributed by atoms with Crippen molar-refractivity contribution in [3.63, 3.8) is 0 Å². The van der Waals surface area contributed by atoms with E-state index in [2.05, 4.69) is 38.4 Å². The minimum absolute atomic E-state index is 0.301. The maximum atomic E-state index is 11.7. The molecule has 4 rings (SSSR count). The van der Waals surface area contributed by atoms with Gasteiger partial charge in [-0.05, 0) is 54.9 Å². The van der Waals surface area contributed by atoms with E-state index in [1.807, 2.05) is 12.1 Å². The minimum Gasteiger partial charge on any atom is -0.492 e. The topological polar surface area (TPSA) is 54.9 Å². The molecule has 1 saturated heterocycles. The fourth-order valence-electron chi connectivity index (χ4n) is 3.48. The number of hydrogen-bond donors (Lipinski definition) is 0. The number of hydrogen-bond acceptors (Lipinski definition) is 7. The third kappa shape index (κ3) is 4.68. The number of aromatic nitrogens is 1. The molecule has 2 heterocycles. The molecule has 0 amide bonds. The zero-order chi connectivity index (χ0) is 20.1. The van der Waals surface area contributed by atoms with Crippen LogP contribution in [0.3, 0.4) is 0 Å². The second kappa shape index (κ2) is 9.24. The van der Waals surface area contributed by atoms with E-state index in [0.717, 1.165) is 44.3 Å². The molecule has 0 atom stereocenters. The third-order valence-electron chi connectivity index (χ3n) is 5.07. The van der Waals surface area contributed by atoms with Crippen LogP contribution in [0.5, 0.6) is 5.75 Å². The highest BCUT2D eigenvalue weighted by Crippen LogP contribution is 2.29. The van der Waals surface area contributed by atoms with Crippen LogP contribution in [-0.2, 0) is 4.74 Å². The number of anilines is 1. The van der Waals surface area contributed by atoms with Crippen LogP contribution in [0.4, 0.5) is 5.82 Å². The number of ether oxygens (including phenoxy) is 2. The lowest BCUT2D eigenvalue weighted by Gasteiger charge is -2.34. The van der Waals surface area contributed by atoms with E-state index < -0.39 is 0 Å². The van der Waals surface area contributed by atoms with E-state index in [0.29, 0.717) is 18.8 Å². The van der Waals surface area contributed by atoms with Gasteiger partial charge in [0.15, 0.2) is 0 Å². The van der Waals surface area contributed by atoms with Crippen LogP contribution in [0.25, 0.3) is 10.1 Å². The Morgan fingerprint density at radius 1 is 1.07 bits per heavy atom. The summed E-state index contributed by atoms with van der Waals surface area (Å²) in [5, 5.41) is 1.25. The molecule has 0 aliphatic carbocycles. The average molecular weight is 412 g/mol. The van der Waals surface area contributed by atoms with Gasteiger partial charge in [0.25, 0.3) is 0 Å². The van der Waals surface area contributed by atoms with Crippen molar-refractivity contribution in [2.45, 2.75) is 6.92 Å². The number of esters is 1. The molecule has 0 spiro atoms. The molecule has 1 aromatic heterocycles. The molecular formula is C22H25N3O3S. The molecule has 1 aliphatic rings. The first kappa shape index (κ1) is 19.7. The quantitative estimate of drug-likeness (QED) is 0.553. The molecule has 29 heavy (non-hydrogen) atoms. The van der Waals surface area contributed by atoms with E-state index in [9.17, 15) is 4.79 Å². The van der Waals surface area contributed by atoms with E-state index >= 15 is 0 Å². The van der Waals surface area contributed by atoms with E-state index in [4.69, 9.17) is 9.47 Å². The Labute approximate surface area is 174 Å². The molecular weight excluding hydrogens is 386 g/mol. The van der Waals surface area contributed by atoms with Crippen LogP contribution in [0.1, 0.15) is 17.3 Å². The molecule has 2 aromatic carbocycles. The first-order valence-electron chi connectivity index (χ1n) is 9.96. The summed E-state index contributed by atoms with van der Waals surface area (Å²) in [4.78, 5) is 16.5. The normalized spacial score (nSPS) is 14.9. The van der Waals surface area contributed by atoms with Crippen molar-refractivity contribution in [3.8, 4) is 5.75 Å². The zero-order valence-corrected chi connectivity index (χ0v) is 17.4. The monoisotopic (exact) mass is 411 g/mol. The van der Waals surface area contributed by atoms with Crippen LogP contribution < -0.4 is 9.64 Å². The second-order valence-electron chi connectivity index (χ2n) is 6.92. The highest BCUT2D eigenvalue weighted by atomic mass is 32.1. The number of carbonyl (C=O) groups is 1. The number of benzene rings is 2. The van der Waals surface area contributed by atoms with Gasteiger partial charge in [-0.3, -0.25) is 4.90 Å². The van der Waals surface area contributed by atoms with E-state index in [1.54, 1.807) is 30.6 Å². The van der Waals surface area contributed by atoms with Gasteiger partial charge in [0.05, 0.1) is 16.9 Å². The molecule has 0 unspecified atom stereocenters. The molecule has 0 N–H and O–H groups in total. The summed E-state index contributed by atoms with van der Waals surface area (Å²) in [6.45, 7) is 7.62. The predicted molar refractivity (Wildman–Crippen MR) is 116 cm³/mol. The highest BCUT2D eigenvalue weighted by Gasteiger charge is 2.20. The van der Waals surface area contributed by atoms with Crippen LogP contribution >= 0.6 is 11.5 Å². The Balaban J connectivity index is 1.23. The summed E-state index contributed by atoms with van der Waals surface area (Å²) in [5.74, 6) is 1.58. The largest absolute Gasteiger partial charge is 0.492 e. The van der Waals surface area contributed by atoms with Crippen molar-refractivity contribution in [1.82, 2.24) is 9.27 Å².